The number of rotatable bonds is 73. The SMILES string of the molecule is CCC(C)CCCCCCCCCCCCCCCCC(=O)O[C@H](COC(=O)CCCCCCCCC(C)C)COP(=O)(O)OC[C@H](O)COP(=O)(O)OC[C@@H](COC(=O)CCCCCCCCCCCCC(C)C)OC(=O)CCCCCCCCCCCCCCC(C)C. The summed E-state index contributed by atoms with van der Waals surface area (Å²) in [4.78, 5) is 72.8. The monoisotopic (exact) mass is 1400 g/mol. The van der Waals surface area contributed by atoms with Gasteiger partial charge in [-0.25, -0.2) is 9.13 Å². The molecule has 564 valence electrons. The number of aliphatic hydroxyl groups is 1. The Bertz CT molecular complexity index is 1870. The number of phosphoric ester groups is 2. The van der Waals surface area contributed by atoms with Gasteiger partial charge in [0.05, 0.1) is 26.4 Å². The fourth-order valence-electron chi connectivity index (χ4n) is 11.5. The maximum atomic E-state index is 13.1. The van der Waals surface area contributed by atoms with Gasteiger partial charge >= 0.3 is 39.5 Å². The Morgan fingerprint density at radius 1 is 0.295 bits per heavy atom. The lowest BCUT2D eigenvalue weighted by atomic mass is 9.99. The molecule has 0 saturated carbocycles. The molecule has 0 amide bonds. The fraction of sp³-hybridized carbons (Fsp3) is 0.947. The van der Waals surface area contributed by atoms with Gasteiger partial charge < -0.3 is 33.8 Å². The molecule has 95 heavy (non-hydrogen) atoms. The molecular weight excluding hydrogens is 1250 g/mol. The number of hydrogen-bond donors (Lipinski definition) is 3. The van der Waals surface area contributed by atoms with E-state index in [0.29, 0.717) is 31.6 Å². The molecule has 0 bridgehead atoms. The van der Waals surface area contributed by atoms with Crippen molar-refractivity contribution in [1.29, 1.82) is 0 Å². The van der Waals surface area contributed by atoms with E-state index in [0.717, 1.165) is 114 Å². The maximum absolute atomic E-state index is 13.1. The summed E-state index contributed by atoms with van der Waals surface area (Å²) in [5, 5.41) is 10.6. The Morgan fingerprint density at radius 3 is 0.747 bits per heavy atom. The van der Waals surface area contributed by atoms with Crippen LogP contribution in [0.15, 0.2) is 0 Å². The van der Waals surface area contributed by atoms with Crippen molar-refractivity contribution < 1.29 is 80.2 Å². The van der Waals surface area contributed by atoms with E-state index >= 15 is 0 Å². The first-order valence-electron chi connectivity index (χ1n) is 39.2. The number of carbonyl (C=O) groups excluding carboxylic acids is 4. The van der Waals surface area contributed by atoms with Gasteiger partial charge in [0.15, 0.2) is 12.2 Å². The Kier molecular flexibility index (Phi) is 64.0. The van der Waals surface area contributed by atoms with Gasteiger partial charge in [-0.05, 0) is 49.4 Å². The topological polar surface area (TPSA) is 237 Å². The zero-order chi connectivity index (χ0) is 70.3. The first kappa shape index (κ1) is 93.1. The average Bonchev–Trinajstić information content (AvgIpc) is 2.60. The molecule has 0 radical (unpaired) electrons. The predicted molar refractivity (Wildman–Crippen MR) is 386 cm³/mol. The van der Waals surface area contributed by atoms with E-state index in [9.17, 15) is 43.2 Å². The fourth-order valence-corrected chi connectivity index (χ4v) is 13.1. The summed E-state index contributed by atoms with van der Waals surface area (Å²) in [5.74, 6) is 0.938. The molecule has 0 aliphatic rings. The van der Waals surface area contributed by atoms with Crippen LogP contribution >= 0.6 is 15.6 Å². The molecule has 0 saturated heterocycles. The minimum absolute atomic E-state index is 0.106. The van der Waals surface area contributed by atoms with Crippen molar-refractivity contribution in [3.63, 3.8) is 0 Å². The lowest BCUT2D eigenvalue weighted by Crippen LogP contribution is -2.30. The molecule has 0 fully saturated rings. The Balaban J connectivity index is 5.23. The van der Waals surface area contributed by atoms with E-state index in [1.165, 1.54) is 180 Å². The molecule has 3 N–H and O–H groups in total. The lowest BCUT2D eigenvalue weighted by molar-refractivity contribution is -0.161. The van der Waals surface area contributed by atoms with Crippen LogP contribution in [0, 0.1) is 23.7 Å². The van der Waals surface area contributed by atoms with Crippen LogP contribution in [0.1, 0.15) is 383 Å². The second kappa shape index (κ2) is 65.4. The highest BCUT2D eigenvalue weighted by atomic mass is 31.2. The van der Waals surface area contributed by atoms with Gasteiger partial charge in [-0.2, -0.15) is 0 Å². The number of aliphatic hydroxyl groups excluding tert-OH is 1. The summed E-state index contributed by atoms with van der Waals surface area (Å²) < 4.78 is 68.5. The molecule has 6 atom stereocenters. The number of phosphoric acid groups is 2. The molecule has 0 aromatic carbocycles. The van der Waals surface area contributed by atoms with Crippen LogP contribution in [0.4, 0.5) is 0 Å². The van der Waals surface area contributed by atoms with E-state index < -0.39 is 97.5 Å². The van der Waals surface area contributed by atoms with Crippen LogP contribution < -0.4 is 0 Å². The molecule has 17 nitrogen and oxygen atoms in total. The molecule has 0 spiro atoms. The molecule has 19 heteroatoms. The second-order valence-electron chi connectivity index (χ2n) is 29.1. The minimum atomic E-state index is -4.96. The zero-order valence-electron chi connectivity index (χ0n) is 62.3. The number of unbranched alkanes of at least 4 members (excludes halogenated alkanes) is 38. The Labute approximate surface area is 581 Å². The van der Waals surface area contributed by atoms with Crippen molar-refractivity contribution in [2.75, 3.05) is 39.6 Å². The highest BCUT2D eigenvalue weighted by Crippen LogP contribution is 2.45. The van der Waals surface area contributed by atoms with Gasteiger partial charge in [0, 0.05) is 25.7 Å². The maximum Gasteiger partial charge on any atom is 0.472 e. The van der Waals surface area contributed by atoms with Gasteiger partial charge in [-0.15, -0.1) is 0 Å². The lowest BCUT2D eigenvalue weighted by Gasteiger charge is -2.21. The van der Waals surface area contributed by atoms with E-state index in [4.69, 9.17) is 37.0 Å². The Morgan fingerprint density at radius 2 is 0.505 bits per heavy atom. The van der Waals surface area contributed by atoms with Crippen LogP contribution in [0.5, 0.6) is 0 Å². The molecule has 0 aromatic rings. The molecule has 0 rings (SSSR count). The highest BCUT2D eigenvalue weighted by Gasteiger charge is 2.30. The summed E-state index contributed by atoms with van der Waals surface area (Å²) in [5.41, 5.74) is 0. The first-order chi connectivity index (χ1) is 45.6. The molecule has 3 unspecified atom stereocenters. The van der Waals surface area contributed by atoms with Crippen LogP contribution in [-0.4, -0.2) is 96.7 Å². The first-order valence-corrected chi connectivity index (χ1v) is 42.2. The summed E-state index contributed by atoms with van der Waals surface area (Å²) in [6, 6.07) is 0. The van der Waals surface area contributed by atoms with Gasteiger partial charge in [-0.1, -0.05) is 331 Å². The molecule has 0 aliphatic carbocycles. The smallest absolute Gasteiger partial charge is 0.462 e. The molecular formula is C76H148O17P2. The van der Waals surface area contributed by atoms with Crippen LogP contribution in [-0.2, 0) is 65.4 Å². The number of ether oxygens (including phenoxy) is 4. The van der Waals surface area contributed by atoms with Crippen LogP contribution in [0.25, 0.3) is 0 Å². The van der Waals surface area contributed by atoms with Crippen molar-refractivity contribution in [2.45, 2.75) is 401 Å². The predicted octanol–water partition coefficient (Wildman–Crippen LogP) is 22.0. The summed E-state index contributed by atoms with van der Waals surface area (Å²) >= 11 is 0. The normalized spacial score (nSPS) is 14.4. The van der Waals surface area contributed by atoms with E-state index in [1.54, 1.807) is 0 Å². The molecule has 0 aliphatic heterocycles. The van der Waals surface area contributed by atoms with E-state index in [1.807, 2.05) is 0 Å². The third-order valence-corrected chi connectivity index (χ3v) is 19.8. The Hall–Kier alpha value is -1.94. The molecule has 0 aromatic heterocycles. The standard InChI is InChI=1S/C76H148O17P2/c1-9-69(8)55-47-39-30-24-17-12-10-11-13-18-26-32-42-50-58-76(81)93-72(63-87-74(79)57-49-41-35-34-38-46-54-68(6)7)65-91-95(84,85)89-61-70(77)60-88-94(82,83)90-64-71(62-86-73(78)56-48-40-31-25-21-20-23-29-37-45-53-67(4)5)92-75(80)59-51-43-33-27-19-15-14-16-22-28-36-44-52-66(2)3/h66-72,77H,9-65H2,1-8H3,(H,82,83)(H,84,85)/t69?,70-,71-,72-/m1/s1. The second-order valence-corrected chi connectivity index (χ2v) is 32.0. The van der Waals surface area contributed by atoms with E-state index in [-0.39, 0.29) is 25.7 Å². The van der Waals surface area contributed by atoms with Crippen molar-refractivity contribution in [1.82, 2.24) is 0 Å². The van der Waals surface area contributed by atoms with Crippen molar-refractivity contribution in [3.8, 4) is 0 Å². The quantitative estimate of drug-likeness (QED) is 0.0222. The van der Waals surface area contributed by atoms with E-state index in [2.05, 4.69) is 55.4 Å². The van der Waals surface area contributed by atoms with Crippen LogP contribution in [0.3, 0.4) is 0 Å². The van der Waals surface area contributed by atoms with Crippen LogP contribution in [0.2, 0.25) is 0 Å². The summed E-state index contributed by atoms with van der Waals surface area (Å²) in [6.45, 7) is 14.2. The third kappa shape index (κ3) is 69.0. The third-order valence-electron chi connectivity index (χ3n) is 17.9. The average molecular weight is 1400 g/mol. The minimum Gasteiger partial charge on any atom is -0.462 e. The number of hydrogen-bond acceptors (Lipinski definition) is 15. The zero-order valence-corrected chi connectivity index (χ0v) is 64.1. The van der Waals surface area contributed by atoms with Crippen molar-refractivity contribution in [2.24, 2.45) is 23.7 Å². The summed E-state index contributed by atoms with van der Waals surface area (Å²) in [7, 11) is -9.91. The van der Waals surface area contributed by atoms with Gasteiger partial charge in [0.25, 0.3) is 0 Å². The van der Waals surface area contributed by atoms with Crippen molar-refractivity contribution >= 4 is 39.5 Å². The van der Waals surface area contributed by atoms with Gasteiger partial charge in [0.1, 0.15) is 19.3 Å². The number of esters is 4. The van der Waals surface area contributed by atoms with Crippen molar-refractivity contribution in [3.05, 3.63) is 0 Å². The largest absolute Gasteiger partial charge is 0.472 e. The highest BCUT2D eigenvalue weighted by molar-refractivity contribution is 7.47. The van der Waals surface area contributed by atoms with Gasteiger partial charge in [-0.3, -0.25) is 37.3 Å². The summed E-state index contributed by atoms with van der Waals surface area (Å²) in [6.07, 6.45) is 50.0. The van der Waals surface area contributed by atoms with Gasteiger partial charge in [0.2, 0.25) is 0 Å². The molecule has 0 heterocycles. The number of carbonyl (C=O) groups is 4.